The summed E-state index contributed by atoms with van der Waals surface area (Å²) < 4.78 is 0. The van der Waals surface area contributed by atoms with Crippen LogP contribution in [0, 0.1) is 5.92 Å². The lowest BCUT2D eigenvalue weighted by Crippen LogP contribution is -2.06. The molecule has 2 heteroatoms. The maximum atomic E-state index is 10.3. The highest BCUT2D eigenvalue weighted by Gasteiger charge is 2.14. The van der Waals surface area contributed by atoms with Gasteiger partial charge in [0.25, 0.3) is 0 Å². The van der Waals surface area contributed by atoms with E-state index in [0.29, 0.717) is 5.92 Å². The number of rotatable bonds is 3. The normalized spacial score (nSPS) is 23.1. The molecule has 0 saturated heterocycles. The summed E-state index contributed by atoms with van der Waals surface area (Å²) >= 11 is 0. The second-order valence-corrected chi connectivity index (χ2v) is 4.03. The van der Waals surface area contributed by atoms with Gasteiger partial charge in [-0.05, 0) is 37.7 Å². The molecule has 0 fully saturated rings. The van der Waals surface area contributed by atoms with E-state index >= 15 is 0 Å². The molecule has 14 heavy (non-hydrogen) atoms. The minimum absolute atomic E-state index is 0.128. The molecule has 1 N–H and O–H groups in total. The first kappa shape index (κ1) is 11.0. The molecular weight excluding hydrogens is 176 g/mol. The average Bonchev–Trinajstić information content (AvgIpc) is 2.09. The van der Waals surface area contributed by atoms with Crippen LogP contribution in [-0.2, 0) is 4.79 Å². The molecular formula is C12H18O2. The maximum absolute atomic E-state index is 10.3. The average molecular weight is 194 g/mol. The van der Waals surface area contributed by atoms with E-state index in [9.17, 15) is 4.79 Å². The Morgan fingerprint density at radius 1 is 1.64 bits per heavy atom. The first-order valence-corrected chi connectivity index (χ1v) is 5.19. The topological polar surface area (TPSA) is 37.3 Å². The molecule has 1 aliphatic rings. The molecule has 0 amide bonds. The van der Waals surface area contributed by atoms with Crippen LogP contribution in [0.5, 0.6) is 0 Å². The first-order chi connectivity index (χ1) is 6.61. The van der Waals surface area contributed by atoms with Crippen LogP contribution in [0.4, 0.5) is 0 Å². The Morgan fingerprint density at radius 2 is 2.36 bits per heavy atom. The molecule has 0 saturated carbocycles. The van der Waals surface area contributed by atoms with Gasteiger partial charge in [-0.3, -0.25) is 4.79 Å². The van der Waals surface area contributed by atoms with E-state index in [1.165, 1.54) is 24.0 Å². The van der Waals surface area contributed by atoms with Gasteiger partial charge in [0.2, 0.25) is 0 Å². The number of carbonyl (C=O) groups is 1. The van der Waals surface area contributed by atoms with Crippen molar-refractivity contribution in [1.82, 2.24) is 0 Å². The second kappa shape index (κ2) is 4.99. The molecule has 0 bridgehead atoms. The fraction of sp³-hybridized carbons (Fsp3) is 0.583. The number of hydrogen-bond acceptors (Lipinski definition) is 1. The molecule has 0 aliphatic heterocycles. The van der Waals surface area contributed by atoms with E-state index in [4.69, 9.17) is 5.11 Å². The SMILES string of the molecule is CC1=C(/C=C/CC(=O)O)C(C)CCC1. The summed E-state index contributed by atoms with van der Waals surface area (Å²) in [5.74, 6) is -0.170. The third-order valence-electron chi connectivity index (χ3n) is 2.80. The van der Waals surface area contributed by atoms with Crippen molar-refractivity contribution < 1.29 is 9.90 Å². The fourth-order valence-electron chi connectivity index (χ4n) is 1.99. The van der Waals surface area contributed by atoms with Crippen LogP contribution in [0.1, 0.15) is 39.5 Å². The zero-order chi connectivity index (χ0) is 10.6. The number of aliphatic carboxylic acids is 1. The molecule has 0 spiro atoms. The quantitative estimate of drug-likeness (QED) is 0.749. The lowest BCUT2D eigenvalue weighted by Gasteiger charge is -2.21. The Labute approximate surface area is 85.3 Å². The van der Waals surface area contributed by atoms with Crippen molar-refractivity contribution >= 4 is 5.97 Å². The summed E-state index contributed by atoms with van der Waals surface area (Å²) in [7, 11) is 0. The summed E-state index contributed by atoms with van der Waals surface area (Å²) in [4.78, 5) is 10.3. The second-order valence-electron chi connectivity index (χ2n) is 4.03. The fourth-order valence-corrected chi connectivity index (χ4v) is 1.99. The highest BCUT2D eigenvalue weighted by Crippen LogP contribution is 2.30. The molecule has 0 radical (unpaired) electrons. The first-order valence-electron chi connectivity index (χ1n) is 5.19. The van der Waals surface area contributed by atoms with Gasteiger partial charge in [-0.1, -0.05) is 24.6 Å². The molecule has 1 aliphatic carbocycles. The van der Waals surface area contributed by atoms with Crippen LogP contribution in [-0.4, -0.2) is 11.1 Å². The van der Waals surface area contributed by atoms with Gasteiger partial charge in [0.15, 0.2) is 0 Å². The molecule has 1 atom stereocenters. The zero-order valence-electron chi connectivity index (χ0n) is 8.92. The van der Waals surface area contributed by atoms with Gasteiger partial charge in [-0.2, -0.15) is 0 Å². The third-order valence-corrected chi connectivity index (χ3v) is 2.80. The van der Waals surface area contributed by atoms with Gasteiger partial charge in [0, 0.05) is 0 Å². The van der Waals surface area contributed by atoms with Gasteiger partial charge in [0.05, 0.1) is 6.42 Å². The molecule has 0 aromatic heterocycles. The summed E-state index contributed by atoms with van der Waals surface area (Å²) in [5, 5.41) is 8.51. The summed E-state index contributed by atoms with van der Waals surface area (Å²) in [6, 6.07) is 0. The minimum Gasteiger partial charge on any atom is -0.481 e. The van der Waals surface area contributed by atoms with Gasteiger partial charge >= 0.3 is 5.97 Å². The number of hydrogen-bond donors (Lipinski definition) is 1. The predicted octanol–water partition coefficient (Wildman–Crippen LogP) is 3.15. The van der Waals surface area contributed by atoms with Gasteiger partial charge < -0.3 is 5.11 Å². The van der Waals surface area contributed by atoms with Crippen LogP contribution < -0.4 is 0 Å². The number of allylic oxidation sites excluding steroid dienone is 3. The highest BCUT2D eigenvalue weighted by atomic mass is 16.4. The van der Waals surface area contributed by atoms with Crippen LogP contribution >= 0.6 is 0 Å². The third kappa shape index (κ3) is 3.02. The smallest absolute Gasteiger partial charge is 0.307 e. The largest absolute Gasteiger partial charge is 0.481 e. The number of carboxylic acids is 1. The minimum atomic E-state index is -0.761. The van der Waals surface area contributed by atoms with Crippen LogP contribution in [0.15, 0.2) is 23.3 Å². The van der Waals surface area contributed by atoms with E-state index in [0.717, 1.165) is 6.42 Å². The van der Waals surface area contributed by atoms with Crippen LogP contribution in [0.3, 0.4) is 0 Å². The Hall–Kier alpha value is -1.05. The summed E-state index contributed by atoms with van der Waals surface area (Å²) in [5.41, 5.74) is 2.77. The standard InChI is InChI=1S/C12H18O2/c1-9-5-3-6-10(2)11(9)7-4-8-12(13)14/h4,7,9H,3,5-6,8H2,1-2H3,(H,13,14)/b7-4+. The molecule has 1 unspecified atom stereocenters. The van der Waals surface area contributed by atoms with E-state index in [-0.39, 0.29) is 6.42 Å². The van der Waals surface area contributed by atoms with Crippen LogP contribution in [0.2, 0.25) is 0 Å². The monoisotopic (exact) mass is 194 g/mol. The number of carboxylic acid groups (broad SMARTS) is 1. The van der Waals surface area contributed by atoms with E-state index < -0.39 is 5.97 Å². The Bertz CT molecular complexity index is 274. The zero-order valence-corrected chi connectivity index (χ0v) is 8.92. The Balaban J connectivity index is 2.65. The van der Waals surface area contributed by atoms with E-state index in [1.54, 1.807) is 6.08 Å². The lowest BCUT2D eigenvalue weighted by atomic mass is 9.84. The highest BCUT2D eigenvalue weighted by molar-refractivity contribution is 5.68. The molecule has 0 heterocycles. The predicted molar refractivity (Wildman–Crippen MR) is 57.1 cm³/mol. The van der Waals surface area contributed by atoms with Crippen molar-refractivity contribution in [1.29, 1.82) is 0 Å². The van der Waals surface area contributed by atoms with Crippen molar-refractivity contribution in [2.45, 2.75) is 39.5 Å². The van der Waals surface area contributed by atoms with Crippen molar-refractivity contribution in [3.8, 4) is 0 Å². The van der Waals surface area contributed by atoms with Crippen molar-refractivity contribution in [3.05, 3.63) is 23.3 Å². The molecule has 1 rings (SSSR count). The van der Waals surface area contributed by atoms with Crippen molar-refractivity contribution in [2.75, 3.05) is 0 Å². The Kier molecular flexibility index (Phi) is 3.93. The van der Waals surface area contributed by atoms with Crippen molar-refractivity contribution in [3.63, 3.8) is 0 Å². The summed E-state index contributed by atoms with van der Waals surface area (Å²) in [6.07, 6.45) is 7.53. The summed E-state index contributed by atoms with van der Waals surface area (Å²) in [6.45, 7) is 4.36. The molecule has 2 nitrogen and oxygen atoms in total. The van der Waals surface area contributed by atoms with Gasteiger partial charge in [0.1, 0.15) is 0 Å². The van der Waals surface area contributed by atoms with Gasteiger partial charge in [-0.25, -0.2) is 0 Å². The molecule has 0 aromatic carbocycles. The van der Waals surface area contributed by atoms with Crippen molar-refractivity contribution in [2.24, 2.45) is 5.92 Å². The molecule has 78 valence electrons. The molecule has 0 aromatic rings. The lowest BCUT2D eigenvalue weighted by molar-refractivity contribution is -0.136. The van der Waals surface area contributed by atoms with Crippen LogP contribution in [0.25, 0.3) is 0 Å². The van der Waals surface area contributed by atoms with E-state index in [1.807, 2.05) is 6.08 Å². The Morgan fingerprint density at radius 3 is 2.93 bits per heavy atom. The maximum Gasteiger partial charge on any atom is 0.307 e. The van der Waals surface area contributed by atoms with E-state index in [2.05, 4.69) is 13.8 Å². The van der Waals surface area contributed by atoms with Gasteiger partial charge in [-0.15, -0.1) is 0 Å².